The second-order valence-electron chi connectivity index (χ2n) is 2.94. The highest BCUT2D eigenvalue weighted by Gasteiger charge is 2.23. The van der Waals surface area contributed by atoms with Crippen LogP contribution in [0.2, 0.25) is 0 Å². The third-order valence-electron chi connectivity index (χ3n) is 1.78. The van der Waals surface area contributed by atoms with Crippen LogP contribution in [0.4, 0.5) is 0 Å². The van der Waals surface area contributed by atoms with Gasteiger partial charge in [-0.1, -0.05) is 15.9 Å². The van der Waals surface area contributed by atoms with E-state index in [1.165, 1.54) is 0 Å². The first-order chi connectivity index (χ1) is 6.97. The number of aromatic nitrogens is 1. The molecular formula is C8H10BrNO4S. The van der Waals surface area contributed by atoms with Gasteiger partial charge in [-0.3, -0.25) is 0 Å². The molecule has 0 saturated carbocycles. The molecule has 0 radical (unpaired) electrons. The van der Waals surface area contributed by atoms with E-state index in [1.807, 2.05) is 0 Å². The van der Waals surface area contributed by atoms with Crippen molar-refractivity contribution in [3.8, 4) is 0 Å². The van der Waals surface area contributed by atoms with Gasteiger partial charge in [-0.15, -0.1) is 11.3 Å². The van der Waals surface area contributed by atoms with Gasteiger partial charge in [0.2, 0.25) is 0 Å². The lowest BCUT2D eigenvalue weighted by Crippen LogP contribution is -2.19. The number of aliphatic hydroxyl groups excluding tert-OH is 2. The van der Waals surface area contributed by atoms with E-state index in [4.69, 9.17) is 5.11 Å². The summed E-state index contributed by atoms with van der Waals surface area (Å²) >= 11 is 3.90. The van der Waals surface area contributed by atoms with Crippen LogP contribution in [0.25, 0.3) is 0 Å². The largest absolute Gasteiger partial charge is 0.477 e. The number of carboxylic acids is 1. The molecule has 0 aliphatic rings. The molecule has 0 aliphatic carbocycles. The number of carboxylic acid groups (broad SMARTS) is 1. The van der Waals surface area contributed by atoms with E-state index < -0.39 is 18.2 Å². The summed E-state index contributed by atoms with van der Waals surface area (Å²) in [5.74, 6) is -1.07. The summed E-state index contributed by atoms with van der Waals surface area (Å²) in [6, 6.07) is 0. The molecule has 2 unspecified atom stereocenters. The van der Waals surface area contributed by atoms with E-state index in [9.17, 15) is 15.0 Å². The van der Waals surface area contributed by atoms with E-state index >= 15 is 0 Å². The van der Waals surface area contributed by atoms with Crippen molar-refractivity contribution in [2.24, 2.45) is 0 Å². The zero-order chi connectivity index (χ0) is 11.6. The number of aliphatic hydroxyl groups is 2. The number of hydrogen-bond donors (Lipinski definition) is 3. The lowest BCUT2D eigenvalue weighted by Gasteiger charge is -2.11. The van der Waals surface area contributed by atoms with Crippen molar-refractivity contribution in [2.45, 2.75) is 19.1 Å². The van der Waals surface area contributed by atoms with Crippen molar-refractivity contribution in [3.63, 3.8) is 0 Å². The Morgan fingerprint density at radius 1 is 1.60 bits per heavy atom. The lowest BCUT2D eigenvalue weighted by atomic mass is 10.2. The number of nitrogens with zero attached hydrogens (tertiary/aromatic N) is 1. The Hall–Kier alpha value is -0.500. The average Bonchev–Trinajstić information content (AvgIpc) is 2.58. The minimum atomic E-state index is -1.15. The summed E-state index contributed by atoms with van der Waals surface area (Å²) in [6.45, 7) is 1.55. The second kappa shape index (κ2) is 5.02. The summed E-state index contributed by atoms with van der Waals surface area (Å²) in [6.07, 6.45) is -2.14. The maximum Gasteiger partial charge on any atom is 0.347 e. The fourth-order valence-corrected chi connectivity index (χ4v) is 2.30. The van der Waals surface area contributed by atoms with E-state index in [-0.39, 0.29) is 15.2 Å². The number of rotatable bonds is 4. The third kappa shape index (κ3) is 2.75. The highest BCUT2D eigenvalue weighted by molar-refractivity contribution is 9.09. The maximum atomic E-state index is 10.7. The summed E-state index contributed by atoms with van der Waals surface area (Å²) in [7, 11) is 0. The molecule has 1 rings (SSSR count). The second-order valence-corrected chi connectivity index (χ2v) is 4.62. The zero-order valence-electron chi connectivity index (χ0n) is 7.85. The molecule has 0 aromatic carbocycles. The number of carbonyl (C=O) groups is 1. The van der Waals surface area contributed by atoms with Crippen LogP contribution in [0.3, 0.4) is 0 Å². The summed E-state index contributed by atoms with van der Waals surface area (Å²) in [5.41, 5.74) is 0.350. The van der Waals surface area contributed by atoms with Crippen molar-refractivity contribution in [2.75, 3.05) is 5.33 Å². The topological polar surface area (TPSA) is 90.7 Å². The SMILES string of the molecule is Cc1nc(C(O)C(O)CBr)sc1C(=O)O. The summed E-state index contributed by atoms with van der Waals surface area (Å²) in [4.78, 5) is 14.7. The Morgan fingerprint density at radius 2 is 2.20 bits per heavy atom. The Kier molecular flexibility index (Phi) is 4.21. The first-order valence-electron chi connectivity index (χ1n) is 4.10. The molecule has 1 aromatic rings. The van der Waals surface area contributed by atoms with Crippen LogP contribution in [0.5, 0.6) is 0 Å². The van der Waals surface area contributed by atoms with Crippen LogP contribution in [0.15, 0.2) is 0 Å². The lowest BCUT2D eigenvalue weighted by molar-refractivity contribution is 0.0341. The van der Waals surface area contributed by atoms with Crippen LogP contribution in [0, 0.1) is 6.92 Å². The Balaban J connectivity index is 2.97. The molecule has 84 valence electrons. The van der Waals surface area contributed by atoms with Gasteiger partial charge in [0.25, 0.3) is 0 Å². The van der Waals surface area contributed by atoms with Crippen molar-refractivity contribution in [1.29, 1.82) is 0 Å². The normalized spacial score (nSPS) is 14.9. The monoisotopic (exact) mass is 295 g/mol. The molecule has 0 fully saturated rings. The van der Waals surface area contributed by atoms with E-state index in [0.717, 1.165) is 11.3 Å². The minimum Gasteiger partial charge on any atom is -0.477 e. The molecule has 3 N–H and O–H groups in total. The number of alkyl halides is 1. The van der Waals surface area contributed by atoms with E-state index in [0.29, 0.717) is 5.69 Å². The smallest absolute Gasteiger partial charge is 0.347 e. The van der Waals surface area contributed by atoms with Crippen LogP contribution < -0.4 is 0 Å². The van der Waals surface area contributed by atoms with E-state index in [1.54, 1.807) is 6.92 Å². The maximum absolute atomic E-state index is 10.7. The van der Waals surface area contributed by atoms with Crippen LogP contribution in [-0.2, 0) is 0 Å². The van der Waals surface area contributed by atoms with Crippen molar-refractivity contribution in [1.82, 2.24) is 4.98 Å². The quantitative estimate of drug-likeness (QED) is 0.719. The first-order valence-corrected chi connectivity index (χ1v) is 6.04. The van der Waals surface area contributed by atoms with Gasteiger partial charge in [0.05, 0.1) is 11.8 Å². The van der Waals surface area contributed by atoms with Gasteiger partial charge in [-0.05, 0) is 6.92 Å². The molecule has 0 amide bonds. The van der Waals surface area contributed by atoms with Crippen molar-refractivity contribution in [3.05, 3.63) is 15.6 Å². The molecule has 0 bridgehead atoms. The fourth-order valence-electron chi connectivity index (χ4n) is 0.991. The van der Waals surface area contributed by atoms with E-state index in [2.05, 4.69) is 20.9 Å². The Labute approximate surface area is 98.5 Å². The number of aromatic carboxylic acids is 1. The van der Waals surface area contributed by atoms with Gasteiger partial charge in [0.15, 0.2) is 0 Å². The number of aryl methyl sites for hydroxylation is 1. The van der Waals surface area contributed by atoms with Gasteiger partial charge >= 0.3 is 5.97 Å². The summed E-state index contributed by atoms with van der Waals surface area (Å²) < 4.78 is 0. The first kappa shape index (κ1) is 12.6. The van der Waals surface area contributed by atoms with Gasteiger partial charge in [0, 0.05) is 5.33 Å². The predicted octanol–water partition coefficient (Wildman–Crippen LogP) is 0.939. The molecule has 0 aliphatic heterocycles. The van der Waals surface area contributed by atoms with Gasteiger partial charge in [-0.2, -0.15) is 0 Å². The van der Waals surface area contributed by atoms with Crippen LogP contribution in [0.1, 0.15) is 26.5 Å². The average molecular weight is 296 g/mol. The van der Waals surface area contributed by atoms with Gasteiger partial charge in [-0.25, -0.2) is 9.78 Å². The van der Waals surface area contributed by atoms with Crippen molar-refractivity contribution >= 4 is 33.2 Å². The van der Waals surface area contributed by atoms with Gasteiger partial charge in [0.1, 0.15) is 16.0 Å². The summed E-state index contributed by atoms with van der Waals surface area (Å²) in [5, 5.41) is 28.1. The molecule has 5 nitrogen and oxygen atoms in total. The molecule has 2 atom stereocenters. The van der Waals surface area contributed by atoms with Crippen LogP contribution >= 0.6 is 27.3 Å². The highest BCUT2D eigenvalue weighted by Crippen LogP contribution is 2.26. The third-order valence-corrected chi connectivity index (χ3v) is 3.66. The van der Waals surface area contributed by atoms with Crippen LogP contribution in [-0.4, -0.2) is 37.7 Å². The molecular weight excluding hydrogens is 286 g/mol. The number of hydrogen-bond acceptors (Lipinski definition) is 5. The van der Waals surface area contributed by atoms with Gasteiger partial charge < -0.3 is 15.3 Å². The zero-order valence-corrected chi connectivity index (χ0v) is 10.2. The Bertz CT molecular complexity index is 368. The molecule has 1 heterocycles. The fraction of sp³-hybridized carbons (Fsp3) is 0.500. The highest BCUT2D eigenvalue weighted by atomic mass is 79.9. The molecule has 7 heteroatoms. The predicted molar refractivity (Wildman–Crippen MR) is 58.6 cm³/mol. The molecule has 0 spiro atoms. The minimum absolute atomic E-state index is 0.0887. The number of thiazole rings is 1. The number of halogens is 1. The molecule has 15 heavy (non-hydrogen) atoms. The van der Waals surface area contributed by atoms with Crippen molar-refractivity contribution < 1.29 is 20.1 Å². The standard InChI is InChI=1S/C8H10BrNO4S/c1-3-6(8(13)14)15-7(10-3)5(12)4(11)2-9/h4-5,11-12H,2H2,1H3,(H,13,14). The molecule has 1 aromatic heterocycles. The Morgan fingerprint density at radius 3 is 2.60 bits per heavy atom. The molecule has 0 saturated heterocycles.